The van der Waals surface area contributed by atoms with Gasteiger partial charge in [-0.15, -0.1) is 0 Å². The molecule has 178 valence electrons. The van der Waals surface area contributed by atoms with E-state index in [9.17, 15) is 4.79 Å². The second-order valence-electron chi connectivity index (χ2n) is 9.73. The van der Waals surface area contributed by atoms with Crippen LogP contribution in [0, 0.1) is 0 Å². The minimum absolute atomic E-state index is 0.265. The molecule has 1 amide bonds. The summed E-state index contributed by atoms with van der Waals surface area (Å²) in [6.45, 7) is 10.1. The van der Waals surface area contributed by atoms with Gasteiger partial charge in [0.25, 0.3) is 0 Å². The number of hydrogen-bond acceptors (Lipinski definition) is 6. The van der Waals surface area contributed by atoms with Gasteiger partial charge < -0.3 is 24.3 Å². The number of nitrogens with zero attached hydrogens (tertiary/aromatic N) is 4. The molecule has 5 rings (SSSR count). The average Bonchev–Trinajstić information content (AvgIpc) is 3.27. The number of hydrogen-bond donors (Lipinski definition) is 1. The molecule has 0 spiro atoms. The van der Waals surface area contributed by atoms with Gasteiger partial charge in [0.15, 0.2) is 0 Å². The number of morpholine rings is 1. The summed E-state index contributed by atoms with van der Waals surface area (Å²) in [4.78, 5) is 29.0. The van der Waals surface area contributed by atoms with Crippen LogP contribution < -0.4 is 4.90 Å². The van der Waals surface area contributed by atoms with Crippen LogP contribution in [-0.4, -0.2) is 70.9 Å². The van der Waals surface area contributed by atoms with Crippen molar-refractivity contribution in [3.05, 3.63) is 48.4 Å². The van der Waals surface area contributed by atoms with Crippen LogP contribution in [0.2, 0.25) is 0 Å². The Balaban J connectivity index is 1.35. The number of aromatic nitrogens is 3. The zero-order valence-electron chi connectivity index (χ0n) is 20.0. The fourth-order valence-corrected chi connectivity index (χ4v) is 4.37. The number of carbonyl (C=O) groups is 1. The Morgan fingerprint density at radius 1 is 1.09 bits per heavy atom. The first-order valence-electron chi connectivity index (χ1n) is 11.8. The second kappa shape index (κ2) is 9.10. The molecule has 0 aliphatic carbocycles. The first kappa shape index (κ1) is 22.4. The fraction of sp³-hybridized carbons (Fsp3) is 0.423. The van der Waals surface area contributed by atoms with Crippen molar-refractivity contribution in [2.24, 2.45) is 0 Å². The van der Waals surface area contributed by atoms with Gasteiger partial charge in [0.2, 0.25) is 0 Å². The number of H-pyrrole nitrogens is 1. The van der Waals surface area contributed by atoms with Crippen LogP contribution in [0.3, 0.4) is 0 Å². The van der Waals surface area contributed by atoms with Gasteiger partial charge in [-0.25, -0.2) is 14.8 Å². The molecule has 8 nitrogen and oxygen atoms in total. The Morgan fingerprint density at radius 3 is 2.56 bits per heavy atom. The summed E-state index contributed by atoms with van der Waals surface area (Å²) < 4.78 is 10.9. The van der Waals surface area contributed by atoms with Crippen LogP contribution in [0.5, 0.6) is 0 Å². The minimum Gasteiger partial charge on any atom is -0.444 e. The highest BCUT2D eigenvalue weighted by Gasteiger charge is 2.24. The van der Waals surface area contributed by atoms with E-state index in [-0.39, 0.29) is 6.09 Å². The molecular weight excluding hydrogens is 430 g/mol. The maximum atomic E-state index is 12.4. The van der Waals surface area contributed by atoms with Crippen molar-refractivity contribution in [2.75, 3.05) is 44.3 Å². The van der Waals surface area contributed by atoms with Crippen LogP contribution in [0.4, 0.5) is 10.6 Å². The molecule has 3 aromatic heterocycles. The van der Waals surface area contributed by atoms with Gasteiger partial charge in [-0.1, -0.05) is 6.08 Å². The van der Waals surface area contributed by atoms with Gasteiger partial charge in [-0.05, 0) is 51.0 Å². The Bertz CT molecular complexity index is 1200. The molecule has 0 bridgehead atoms. The lowest BCUT2D eigenvalue weighted by molar-refractivity contribution is 0.0270. The number of carbonyl (C=O) groups excluding carboxylic acids is 1. The molecule has 8 heteroatoms. The van der Waals surface area contributed by atoms with Crippen molar-refractivity contribution in [1.29, 1.82) is 0 Å². The number of pyridine rings is 2. The summed E-state index contributed by atoms with van der Waals surface area (Å²) in [7, 11) is 0. The molecule has 34 heavy (non-hydrogen) atoms. The normalized spacial score (nSPS) is 17.1. The molecule has 0 atom stereocenters. The Hall–Kier alpha value is -3.39. The third kappa shape index (κ3) is 4.77. The van der Waals surface area contributed by atoms with Crippen molar-refractivity contribution in [1.82, 2.24) is 19.9 Å². The lowest BCUT2D eigenvalue weighted by Crippen LogP contribution is -2.39. The highest BCUT2D eigenvalue weighted by atomic mass is 16.6. The number of anilines is 1. The SMILES string of the molecule is CC(C)(C)OC(=O)N1CC=C(c2c[nH]c3ncc(-c4ccc(N5CCOCC5)nc4)cc23)CC1. The van der Waals surface area contributed by atoms with Crippen molar-refractivity contribution < 1.29 is 14.3 Å². The Morgan fingerprint density at radius 2 is 1.88 bits per heavy atom. The molecule has 0 aromatic carbocycles. The van der Waals surface area contributed by atoms with E-state index in [1.165, 1.54) is 5.57 Å². The van der Waals surface area contributed by atoms with Gasteiger partial charge in [0.1, 0.15) is 17.1 Å². The molecule has 1 fully saturated rings. The molecule has 5 heterocycles. The summed E-state index contributed by atoms with van der Waals surface area (Å²) in [6.07, 6.45) is 8.43. The number of fused-ring (bicyclic) bond motifs is 1. The summed E-state index contributed by atoms with van der Waals surface area (Å²) in [6, 6.07) is 6.34. The Labute approximate surface area is 199 Å². The summed E-state index contributed by atoms with van der Waals surface area (Å²) >= 11 is 0. The summed E-state index contributed by atoms with van der Waals surface area (Å²) in [5.41, 5.74) is 4.77. The van der Waals surface area contributed by atoms with Crippen molar-refractivity contribution in [3.8, 4) is 11.1 Å². The van der Waals surface area contributed by atoms with E-state index in [2.05, 4.69) is 44.1 Å². The molecule has 2 aliphatic rings. The van der Waals surface area contributed by atoms with E-state index in [0.717, 1.165) is 66.3 Å². The number of aromatic amines is 1. The number of rotatable bonds is 3. The van der Waals surface area contributed by atoms with Gasteiger partial charge in [-0.2, -0.15) is 0 Å². The molecule has 0 unspecified atom stereocenters. The maximum Gasteiger partial charge on any atom is 0.410 e. The predicted octanol–water partition coefficient (Wildman–Crippen LogP) is 4.49. The van der Waals surface area contributed by atoms with Crippen molar-refractivity contribution >= 4 is 28.5 Å². The minimum atomic E-state index is -0.491. The van der Waals surface area contributed by atoms with E-state index < -0.39 is 5.60 Å². The second-order valence-corrected chi connectivity index (χ2v) is 9.73. The van der Waals surface area contributed by atoms with Crippen LogP contribution in [-0.2, 0) is 9.47 Å². The number of ether oxygens (including phenoxy) is 2. The third-order valence-electron chi connectivity index (χ3n) is 6.15. The number of nitrogens with one attached hydrogen (secondary N) is 1. The predicted molar refractivity (Wildman–Crippen MR) is 133 cm³/mol. The average molecular weight is 462 g/mol. The van der Waals surface area contributed by atoms with Crippen LogP contribution in [0.15, 0.2) is 42.9 Å². The summed E-state index contributed by atoms with van der Waals surface area (Å²) in [5, 5.41) is 1.08. The molecule has 1 N–H and O–H groups in total. The zero-order chi connectivity index (χ0) is 23.7. The molecule has 1 saturated heterocycles. The van der Waals surface area contributed by atoms with Gasteiger partial charge in [0.05, 0.1) is 13.2 Å². The quantitative estimate of drug-likeness (QED) is 0.619. The first-order valence-corrected chi connectivity index (χ1v) is 11.8. The zero-order valence-corrected chi connectivity index (χ0v) is 20.0. The van der Waals surface area contributed by atoms with Gasteiger partial charge in [0, 0.05) is 66.8 Å². The molecule has 3 aromatic rings. The van der Waals surface area contributed by atoms with E-state index >= 15 is 0 Å². The van der Waals surface area contributed by atoms with Crippen molar-refractivity contribution in [3.63, 3.8) is 0 Å². The topological polar surface area (TPSA) is 83.6 Å². The third-order valence-corrected chi connectivity index (χ3v) is 6.15. The van der Waals surface area contributed by atoms with E-state index in [4.69, 9.17) is 9.47 Å². The highest BCUT2D eigenvalue weighted by Crippen LogP contribution is 2.32. The van der Waals surface area contributed by atoms with E-state index in [1.54, 1.807) is 4.90 Å². The van der Waals surface area contributed by atoms with E-state index in [1.807, 2.05) is 39.4 Å². The fourth-order valence-electron chi connectivity index (χ4n) is 4.37. The van der Waals surface area contributed by atoms with Crippen molar-refractivity contribution in [2.45, 2.75) is 32.8 Å². The van der Waals surface area contributed by atoms with E-state index in [0.29, 0.717) is 13.1 Å². The van der Waals surface area contributed by atoms with Crippen LogP contribution >= 0.6 is 0 Å². The highest BCUT2D eigenvalue weighted by molar-refractivity contribution is 5.93. The molecule has 2 aliphatic heterocycles. The lowest BCUT2D eigenvalue weighted by Gasteiger charge is -2.29. The molecule has 0 saturated carbocycles. The van der Waals surface area contributed by atoms with Crippen LogP contribution in [0.25, 0.3) is 27.7 Å². The van der Waals surface area contributed by atoms with Crippen LogP contribution in [0.1, 0.15) is 32.8 Å². The molecule has 0 radical (unpaired) electrons. The Kier molecular flexibility index (Phi) is 6.00. The van der Waals surface area contributed by atoms with Gasteiger partial charge in [-0.3, -0.25) is 0 Å². The summed E-state index contributed by atoms with van der Waals surface area (Å²) in [5.74, 6) is 0.977. The smallest absolute Gasteiger partial charge is 0.410 e. The standard InChI is InChI=1S/C26H31N5O3/c1-26(2,3)34-25(32)31-8-6-18(7-9-31)22-17-29-24-21(22)14-20(16-28-24)19-4-5-23(27-15-19)30-10-12-33-13-11-30/h4-6,14-17H,7-13H2,1-3H3,(H,28,29). The van der Waals surface area contributed by atoms with Gasteiger partial charge >= 0.3 is 6.09 Å². The lowest BCUT2D eigenvalue weighted by atomic mass is 9.98. The number of amides is 1. The largest absolute Gasteiger partial charge is 0.444 e. The molecular formula is C26H31N5O3. The maximum absolute atomic E-state index is 12.4. The monoisotopic (exact) mass is 461 g/mol. The first-order chi connectivity index (χ1) is 16.4.